The summed E-state index contributed by atoms with van der Waals surface area (Å²) in [5.74, 6) is 0. The van der Waals surface area contributed by atoms with Crippen molar-refractivity contribution in [2.75, 3.05) is 7.05 Å². The predicted molar refractivity (Wildman–Crippen MR) is 102 cm³/mol. The molecular weight excluding hydrogens is 342 g/mol. The van der Waals surface area contributed by atoms with Crippen molar-refractivity contribution in [3.8, 4) is 0 Å². The van der Waals surface area contributed by atoms with Crippen LogP contribution < -0.4 is 0 Å². The first kappa shape index (κ1) is 20.5. The van der Waals surface area contributed by atoms with Crippen molar-refractivity contribution in [1.82, 2.24) is 4.57 Å². The monoisotopic (exact) mass is 367 g/mol. The van der Waals surface area contributed by atoms with Crippen molar-refractivity contribution in [3.63, 3.8) is 0 Å². The third-order valence-corrected chi connectivity index (χ3v) is 6.85. The highest BCUT2D eigenvalue weighted by Gasteiger charge is 2.29. The summed E-state index contributed by atoms with van der Waals surface area (Å²) >= 11 is -0.157. The van der Waals surface area contributed by atoms with Gasteiger partial charge in [0.15, 0.2) is 0 Å². The Hall–Kier alpha value is -1.57. The quantitative estimate of drug-likeness (QED) is 0.726. The van der Waals surface area contributed by atoms with E-state index in [0.717, 1.165) is 6.04 Å². The molecule has 0 saturated heterocycles. The molecule has 0 aliphatic heterocycles. The summed E-state index contributed by atoms with van der Waals surface area (Å²) in [5, 5.41) is 12.5. The lowest BCUT2D eigenvalue weighted by Gasteiger charge is -2.35. The smallest absolute Gasteiger partial charge is 0.376 e. The topological polar surface area (TPSA) is 77.8 Å². The standard InChI is InChI=1S/C15H23NSi.C2H2O4S/c1-16(17(2,3)4)15-11-10-14(12-15)13-8-6-5-7-9-13;3-1(4)7-2(5)6/h5-10,15H,11-12H2,1-4H3;(H,3,4)(H,5,6). The SMILES string of the molecule is CN(C1CC=C(c2ccccc2)C1)[Si](C)(C)C.O=C(O)SC(=O)O. The van der Waals surface area contributed by atoms with E-state index in [2.05, 4.69) is 67.7 Å². The number of carbonyl (C=O) groups is 2. The van der Waals surface area contributed by atoms with Gasteiger partial charge in [-0.15, -0.1) is 0 Å². The van der Waals surface area contributed by atoms with Crippen LogP contribution in [0.5, 0.6) is 0 Å². The summed E-state index contributed by atoms with van der Waals surface area (Å²) in [6.45, 7) is 7.27. The number of benzene rings is 1. The molecular formula is C17H25NO4SSi. The second-order valence-electron chi connectivity index (χ2n) is 6.60. The predicted octanol–water partition coefficient (Wildman–Crippen LogP) is 5.07. The van der Waals surface area contributed by atoms with Crippen LogP contribution in [0.25, 0.3) is 5.57 Å². The Morgan fingerprint density at radius 3 is 2.08 bits per heavy atom. The number of thioether (sulfide) groups is 1. The van der Waals surface area contributed by atoms with E-state index in [1.54, 1.807) is 0 Å². The van der Waals surface area contributed by atoms with Gasteiger partial charge in [0.1, 0.15) is 8.24 Å². The van der Waals surface area contributed by atoms with Gasteiger partial charge >= 0.3 is 10.6 Å². The van der Waals surface area contributed by atoms with Crippen LogP contribution in [0.1, 0.15) is 18.4 Å². The van der Waals surface area contributed by atoms with Gasteiger partial charge in [-0.2, -0.15) is 0 Å². The first-order valence-electron chi connectivity index (χ1n) is 7.72. The average molecular weight is 368 g/mol. The number of rotatable bonds is 3. The highest BCUT2D eigenvalue weighted by atomic mass is 32.2. The van der Waals surface area contributed by atoms with Crippen LogP contribution in [0.4, 0.5) is 9.59 Å². The molecule has 0 saturated carbocycles. The van der Waals surface area contributed by atoms with Gasteiger partial charge < -0.3 is 14.8 Å². The highest BCUT2D eigenvalue weighted by Crippen LogP contribution is 2.32. The summed E-state index contributed by atoms with van der Waals surface area (Å²) in [6, 6.07) is 11.5. The average Bonchev–Trinajstić information content (AvgIpc) is 2.95. The van der Waals surface area contributed by atoms with Gasteiger partial charge in [0.25, 0.3) is 0 Å². The first-order chi connectivity index (χ1) is 11.1. The lowest BCUT2D eigenvalue weighted by molar-refractivity contribution is 0.217. The summed E-state index contributed by atoms with van der Waals surface area (Å²) in [6.07, 6.45) is 4.85. The summed E-state index contributed by atoms with van der Waals surface area (Å²) < 4.78 is 2.64. The molecule has 1 aliphatic carbocycles. The molecule has 132 valence electrons. The normalized spacial score (nSPS) is 17.0. The zero-order valence-corrected chi connectivity index (χ0v) is 16.3. The van der Waals surface area contributed by atoms with Gasteiger partial charge in [-0.25, -0.2) is 9.59 Å². The van der Waals surface area contributed by atoms with Crippen LogP contribution in [0.3, 0.4) is 0 Å². The van der Waals surface area contributed by atoms with Crippen LogP contribution in [0.2, 0.25) is 19.6 Å². The molecule has 0 spiro atoms. The van der Waals surface area contributed by atoms with Crippen molar-refractivity contribution >= 4 is 36.2 Å². The largest absolute Gasteiger partial charge is 0.473 e. The second kappa shape index (κ2) is 9.05. The van der Waals surface area contributed by atoms with Crippen LogP contribution in [-0.4, -0.2) is 46.7 Å². The van der Waals surface area contributed by atoms with E-state index in [1.165, 1.54) is 24.0 Å². The molecule has 7 heteroatoms. The summed E-state index contributed by atoms with van der Waals surface area (Å²) in [4.78, 5) is 18.8. The van der Waals surface area contributed by atoms with Crippen LogP contribution >= 0.6 is 11.8 Å². The minimum Gasteiger partial charge on any atom is -0.473 e. The van der Waals surface area contributed by atoms with Crippen molar-refractivity contribution < 1.29 is 19.8 Å². The van der Waals surface area contributed by atoms with E-state index in [0.29, 0.717) is 0 Å². The maximum atomic E-state index is 9.39. The Labute approximate surface area is 148 Å². The van der Waals surface area contributed by atoms with E-state index in [9.17, 15) is 9.59 Å². The molecule has 0 fully saturated rings. The third-order valence-electron chi connectivity index (χ3n) is 4.02. The Bertz CT molecular complexity index is 586. The van der Waals surface area contributed by atoms with Gasteiger partial charge in [-0.1, -0.05) is 56.0 Å². The zero-order valence-electron chi connectivity index (χ0n) is 14.5. The number of carboxylic acid groups (broad SMARTS) is 2. The molecule has 1 unspecified atom stereocenters. The Balaban J connectivity index is 0.000000351. The number of nitrogens with zero attached hydrogens (tertiary/aromatic N) is 1. The van der Waals surface area contributed by atoms with Crippen LogP contribution in [-0.2, 0) is 0 Å². The molecule has 1 atom stereocenters. The molecule has 0 aromatic heterocycles. The van der Waals surface area contributed by atoms with E-state index in [-0.39, 0.29) is 11.8 Å². The maximum absolute atomic E-state index is 9.39. The molecule has 1 aromatic carbocycles. The Morgan fingerprint density at radius 2 is 1.67 bits per heavy atom. The lowest BCUT2D eigenvalue weighted by atomic mass is 10.0. The molecule has 2 N–H and O–H groups in total. The van der Waals surface area contributed by atoms with E-state index >= 15 is 0 Å². The lowest BCUT2D eigenvalue weighted by Crippen LogP contribution is -2.48. The molecule has 24 heavy (non-hydrogen) atoms. The molecule has 0 radical (unpaired) electrons. The fourth-order valence-corrected chi connectivity index (χ4v) is 3.95. The Morgan fingerprint density at radius 1 is 1.12 bits per heavy atom. The molecule has 1 aromatic rings. The third kappa shape index (κ3) is 6.90. The van der Waals surface area contributed by atoms with Crippen molar-refractivity contribution in [2.24, 2.45) is 0 Å². The zero-order chi connectivity index (χ0) is 18.3. The van der Waals surface area contributed by atoms with Gasteiger partial charge in [-0.3, -0.25) is 0 Å². The molecule has 1 aliphatic rings. The van der Waals surface area contributed by atoms with Crippen LogP contribution in [0.15, 0.2) is 36.4 Å². The van der Waals surface area contributed by atoms with Crippen molar-refractivity contribution in [3.05, 3.63) is 42.0 Å². The minimum atomic E-state index is -1.40. The van der Waals surface area contributed by atoms with Gasteiger partial charge in [-0.05, 0) is 31.0 Å². The summed E-state index contributed by atoms with van der Waals surface area (Å²) in [5.41, 5.74) is 2.93. The van der Waals surface area contributed by atoms with E-state index in [1.807, 2.05) is 0 Å². The molecule has 2 rings (SSSR count). The van der Waals surface area contributed by atoms with Crippen molar-refractivity contribution in [2.45, 2.75) is 38.5 Å². The van der Waals surface area contributed by atoms with E-state index in [4.69, 9.17) is 10.2 Å². The summed E-state index contributed by atoms with van der Waals surface area (Å²) in [7, 11) is 1.15. The fraction of sp³-hybridized carbons (Fsp3) is 0.412. The van der Waals surface area contributed by atoms with Crippen molar-refractivity contribution in [1.29, 1.82) is 0 Å². The molecule has 0 heterocycles. The molecule has 0 bridgehead atoms. The Kier molecular flexibility index (Phi) is 7.72. The minimum absolute atomic E-state index is 0.157. The second-order valence-corrected chi connectivity index (χ2v) is 12.6. The fourth-order valence-electron chi connectivity index (χ4n) is 2.50. The number of hydrogen-bond donors (Lipinski definition) is 2. The molecule has 5 nitrogen and oxygen atoms in total. The van der Waals surface area contributed by atoms with E-state index < -0.39 is 18.8 Å². The maximum Gasteiger partial charge on any atom is 0.376 e. The molecule has 0 amide bonds. The van der Waals surface area contributed by atoms with Crippen LogP contribution in [0, 0.1) is 0 Å². The van der Waals surface area contributed by atoms with Gasteiger partial charge in [0.05, 0.1) is 11.8 Å². The first-order valence-corrected chi connectivity index (χ1v) is 12.0. The highest BCUT2D eigenvalue weighted by molar-refractivity contribution is 8.25. The number of hydrogen-bond acceptors (Lipinski definition) is 4. The van der Waals surface area contributed by atoms with Gasteiger partial charge in [0.2, 0.25) is 0 Å². The van der Waals surface area contributed by atoms with Gasteiger partial charge in [0, 0.05) is 6.04 Å².